The monoisotopic (exact) mass is 328 g/mol. The minimum atomic E-state index is -0.676. The van der Waals surface area contributed by atoms with E-state index in [1.807, 2.05) is 0 Å². The van der Waals surface area contributed by atoms with E-state index in [2.05, 4.69) is 46.3 Å². The SMILES string of the molecule is Cc1cccc(CN2CCC3(C2)Cn2c(n[nH]c(=O)c2=O)CO3)c1. The molecule has 2 aliphatic rings. The Kier molecular flexibility index (Phi) is 3.62. The van der Waals surface area contributed by atoms with Gasteiger partial charge in [0.05, 0.1) is 6.54 Å². The fraction of sp³-hybridized carbons (Fsp3) is 0.471. The van der Waals surface area contributed by atoms with Crippen molar-refractivity contribution in [2.24, 2.45) is 0 Å². The number of aryl methyl sites for hydroxylation is 1. The summed E-state index contributed by atoms with van der Waals surface area (Å²) < 4.78 is 7.52. The summed E-state index contributed by atoms with van der Waals surface area (Å²) >= 11 is 0. The van der Waals surface area contributed by atoms with Crippen molar-refractivity contribution in [1.82, 2.24) is 19.7 Å². The fourth-order valence-corrected chi connectivity index (χ4v) is 3.67. The number of hydrogen-bond acceptors (Lipinski definition) is 5. The van der Waals surface area contributed by atoms with Crippen LogP contribution in [0.5, 0.6) is 0 Å². The van der Waals surface area contributed by atoms with E-state index in [1.165, 1.54) is 15.7 Å². The summed E-state index contributed by atoms with van der Waals surface area (Å²) in [5, 5.41) is 6.14. The summed E-state index contributed by atoms with van der Waals surface area (Å²) in [6.45, 7) is 5.26. The Labute approximate surface area is 138 Å². The van der Waals surface area contributed by atoms with E-state index < -0.39 is 16.7 Å². The number of benzene rings is 1. The van der Waals surface area contributed by atoms with Crippen LogP contribution in [0, 0.1) is 6.92 Å². The number of fused-ring (bicyclic) bond motifs is 1. The molecule has 1 spiro atoms. The van der Waals surface area contributed by atoms with Crippen LogP contribution in [0.2, 0.25) is 0 Å². The first kappa shape index (κ1) is 15.3. The molecule has 0 radical (unpaired) electrons. The number of aromatic amines is 1. The molecule has 1 N–H and O–H groups in total. The lowest BCUT2D eigenvalue weighted by molar-refractivity contribution is -0.0853. The van der Waals surface area contributed by atoms with Gasteiger partial charge in [-0.15, -0.1) is 0 Å². The average molecular weight is 328 g/mol. The van der Waals surface area contributed by atoms with E-state index in [1.54, 1.807) is 0 Å². The van der Waals surface area contributed by atoms with Crippen molar-refractivity contribution in [2.45, 2.75) is 38.6 Å². The first-order valence-electron chi connectivity index (χ1n) is 8.15. The number of hydrogen-bond donors (Lipinski definition) is 1. The van der Waals surface area contributed by atoms with Crippen molar-refractivity contribution < 1.29 is 4.74 Å². The Morgan fingerprint density at radius 2 is 2.21 bits per heavy atom. The topological polar surface area (TPSA) is 80.2 Å². The molecule has 4 rings (SSSR count). The third kappa shape index (κ3) is 2.70. The van der Waals surface area contributed by atoms with E-state index in [4.69, 9.17) is 4.74 Å². The van der Waals surface area contributed by atoms with E-state index >= 15 is 0 Å². The number of rotatable bonds is 2. The van der Waals surface area contributed by atoms with Crippen LogP contribution in [-0.4, -0.2) is 38.4 Å². The van der Waals surface area contributed by atoms with Gasteiger partial charge in [0.1, 0.15) is 12.2 Å². The maximum atomic E-state index is 12.1. The van der Waals surface area contributed by atoms with Gasteiger partial charge in [0.25, 0.3) is 0 Å². The predicted octanol–water partition coefficient (Wildman–Crippen LogP) is 0.415. The molecule has 24 heavy (non-hydrogen) atoms. The first-order valence-corrected chi connectivity index (χ1v) is 8.15. The number of H-pyrrole nitrogens is 1. The lowest BCUT2D eigenvalue weighted by Gasteiger charge is -2.34. The second-order valence-corrected chi connectivity index (χ2v) is 6.78. The second kappa shape index (κ2) is 5.68. The van der Waals surface area contributed by atoms with Crippen molar-refractivity contribution in [1.29, 1.82) is 0 Å². The maximum absolute atomic E-state index is 12.1. The molecule has 126 valence electrons. The lowest BCUT2D eigenvalue weighted by Crippen LogP contribution is -2.51. The highest BCUT2D eigenvalue weighted by Crippen LogP contribution is 2.31. The van der Waals surface area contributed by atoms with Gasteiger partial charge in [-0.1, -0.05) is 29.8 Å². The number of likely N-dealkylation sites (tertiary alicyclic amines) is 1. The van der Waals surface area contributed by atoms with Crippen LogP contribution >= 0.6 is 0 Å². The van der Waals surface area contributed by atoms with Gasteiger partial charge in [0.2, 0.25) is 0 Å². The molecule has 2 aliphatic heterocycles. The summed E-state index contributed by atoms with van der Waals surface area (Å²) in [7, 11) is 0. The van der Waals surface area contributed by atoms with Crippen LogP contribution in [0.15, 0.2) is 33.9 Å². The Bertz CT molecular complexity index is 888. The van der Waals surface area contributed by atoms with Crippen LogP contribution in [-0.2, 0) is 24.4 Å². The molecule has 0 amide bonds. The molecule has 7 nitrogen and oxygen atoms in total. The zero-order chi connectivity index (χ0) is 16.7. The Balaban J connectivity index is 1.53. The number of nitrogens with one attached hydrogen (secondary N) is 1. The van der Waals surface area contributed by atoms with Crippen LogP contribution in [0.3, 0.4) is 0 Å². The summed E-state index contributed by atoms with van der Waals surface area (Å²) in [4.78, 5) is 25.9. The quantitative estimate of drug-likeness (QED) is 0.808. The Morgan fingerprint density at radius 1 is 1.33 bits per heavy atom. The lowest BCUT2D eigenvalue weighted by atomic mass is 10.0. The standard InChI is InChI=1S/C17H20N4O3/c1-12-3-2-4-13(7-12)8-20-6-5-17(10-20)11-21-14(9-24-17)18-19-15(22)16(21)23/h2-4,7H,5-6,8-11H2,1H3,(H,19,22). The van der Waals surface area contributed by atoms with E-state index in [9.17, 15) is 9.59 Å². The smallest absolute Gasteiger partial charge is 0.330 e. The van der Waals surface area contributed by atoms with Crippen molar-refractivity contribution >= 4 is 0 Å². The minimum Gasteiger partial charge on any atom is -0.364 e. The average Bonchev–Trinajstić information content (AvgIpc) is 2.94. The molecule has 0 bridgehead atoms. The second-order valence-electron chi connectivity index (χ2n) is 6.78. The Morgan fingerprint density at radius 3 is 3.04 bits per heavy atom. The van der Waals surface area contributed by atoms with Crippen LogP contribution in [0.25, 0.3) is 0 Å². The van der Waals surface area contributed by atoms with E-state index in [0.29, 0.717) is 12.4 Å². The zero-order valence-electron chi connectivity index (χ0n) is 13.6. The third-order valence-corrected chi connectivity index (χ3v) is 4.88. The van der Waals surface area contributed by atoms with Gasteiger partial charge in [-0.05, 0) is 18.9 Å². The molecule has 0 aliphatic carbocycles. The highest BCUT2D eigenvalue weighted by atomic mass is 16.5. The zero-order valence-corrected chi connectivity index (χ0v) is 13.6. The van der Waals surface area contributed by atoms with Gasteiger partial charge >= 0.3 is 11.1 Å². The molecule has 1 fully saturated rings. The molecule has 7 heteroatoms. The highest BCUT2D eigenvalue weighted by Gasteiger charge is 2.42. The highest BCUT2D eigenvalue weighted by molar-refractivity contribution is 5.22. The van der Waals surface area contributed by atoms with Crippen LogP contribution in [0.1, 0.15) is 23.4 Å². The molecule has 1 aromatic carbocycles. The summed E-state index contributed by atoms with van der Waals surface area (Å²) in [5.74, 6) is 0.488. The third-order valence-electron chi connectivity index (χ3n) is 4.88. The van der Waals surface area contributed by atoms with Gasteiger partial charge in [0.15, 0.2) is 5.82 Å². The van der Waals surface area contributed by atoms with Crippen molar-refractivity contribution in [2.75, 3.05) is 13.1 Å². The summed E-state index contributed by atoms with van der Waals surface area (Å²) in [5.41, 5.74) is 0.903. The largest absolute Gasteiger partial charge is 0.364 e. The number of aromatic nitrogens is 3. The van der Waals surface area contributed by atoms with Crippen molar-refractivity contribution in [3.63, 3.8) is 0 Å². The van der Waals surface area contributed by atoms with Crippen LogP contribution < -0.4 is 11.1 Å². The molecule has 1 atom stereocenters. The summed E-state index contributed by atoms with van der Waals surface area (Å²) in [6.07, 6.45) is 0.845. The Hall–Kier alpha value is -2.25. The molecular weight excluding hydrogens is 308 g/mol. The molecule has 2 aromatic rings. The number of ether oxygens (including phenoxy) is 1. The van der Waals surface area contributed by atoms with Gasteiger partial charge < -0.3 is 4.74 Å². The maximum Gasteiger partial charge on any atom is 0.330 e. The minimum absolute atomic E-state index is 0.254. The van der Waals surface area contributed by atoms with Gasteiger partial charge in [-0.2, -0.15) is 5.10 Å². The van der Waals surface area contributed by atoms with E-state index in [-0.39, 0.29) is 6.61 Å². The molecule has 3 heterocycles. The fourth-order valence-electron chi connectivity index (χ4n) is 3.67. The molecule has 1 unspecified atom stereocenters. The van der Waals surface area contributed by atoms with Crippen molar-refractivity contribution in [3.05, 3.63) is 61.9 Å². The molecule has 1 aromatic heterocycles. The molecular formula is C17H20N4O3. The summed E-state index contributed by atoms with van der Waals surface area (Å²) in [6, 6.07) is 8.48. The number of nitrogens with zero attached hydrogens (tertiary/aromatic N) is 3. The predicted molar refractivity (Wildman–Crippen MR) is 87.7 cm³/mol. The van der Waals surface area contributed by atoms with E-state index in [0.717, 1.165) is 26.1 Å². The molecule has 0 saturated carbocycles. The van der Waals surface area contributed by atoms with Gasteiger partial charge in [0, 0.05) is 19.6 Å². The first-order chi connectivity index (χ1) is 11.5. The van der Waals surface area contributed by atoms with Gasteiger partial charge in [-0.25, -0.2) is 5.10 Å². The normalized spacial score (nSPS) is 23.5. The van der Waals surface area contributed by atoms with Gasteiger partial charge in [-0.3, -0.25) is 19.1 Å². The molecule has 1 saturated heterocycles. The van der Waals surface area contributed by atoms with Crippen molar-refractivity contribution in [3.8, 4) is 0 Å². The van der Waals surface area contributed by atoms with Crippen LogP contribution in [0.4, 0.5) is 0 Å².